The van der Waals surface area contributed by atoms with Crippen LogP contribution in [0.2, 0.25) is 0 Å². The number of aromatic amines is 1. The van der Waals surface area contributed by atoms with Crippen LogP contribution in [0.4, 0.5) is 8.78 Å². The quantitative estimate of drug-likeness (QED) is 0.721. The molecule has 0 aliphatic rings. The summed E-state index contributed by atoms with van der Waals surface area (Å²) >= 11 is 0. The Morgan fingerprint density at radius 2 is 2.20 bits per heavy atom. The summed E-state index contributed by atoms with van der Waals surface area (Å²) in [6.45, 7) is 0. The van der Waals surface area contributed by atoms with Gasteiger partial charge in [0.25, 0.3) is 6.43 Å². The Morgan fingerprint density at radius 1 is 1.60 bits per heavy atom. The number of pyridine rings is 1. The summed E-state index contributed by atoms with van der Waals surface area (Å²) < 4.78 is 29.1. The van der Waals surface area contributed by atoms with Crippen molar-refractivity contribution in [2.75, 3.05) is 7.11 Å². The highest BCUT2D eigenvalue weighted by atomic mass is 19.3. The number of hydrogen-bond acceptors (Lipinski definition) is 4. The lowest BCUT2D eigenvalue weighted by Gasteiger charge is -2.06. The Balaban J connectivity index is 3.47. The Hall–Kier alpha value is -1.92. The van der Waals surface area contributed by atoms with Gasteiger partial charge in [-0.2, -0.15) is 0 Å². The summed E-state index contributed by atoms with van der Waals surface area (Å²) in [5, 5.41) is 8.90. The van der Waals surface area contributed by atoms with Crippen molar-refractivity contribution < 1.29 is 23.4 Å². The van der Waals surface area contributed by atoms with Crippen LogP contribution in [-0.4, -0.2) is 23.2 Å². The summed E-state index contributed by atoms with van der Waals surface area (Å²) in [7, 11) is 0.989. The van der Waals surface area contributed by atoms with Crippen LogP contribution in [0.1, 0.15) is 22.5 Å². The molecule has 0 spiro atoms. The first-order chi connectivity index (χ1) is 6.99. The molecule has 0 unspecified atom stereocenters. The van der Waals surface area contributed by atoms with Gasteiger partial charge in [-0.3, -0.25) is 4.79 Å². The molecule has 1 heterocycles. The Kier molecular flexibility index (Phi) is 3.03. The van der Waals surface area contributed by atoms with E-state index in [0.29, 0.717) is 0 Å². The minimum atomic E-state index is -3.17. The molecule has 0 radical (unpaired) electrons. The maximum Gasteiger partial charge on any atom is 0.355 e. The SMILES string of the molecule is COC(=O)c1[nH]cc(O)c(=O)c1C(F)F. The van der Waals surface area contributed by atoms with E-state index in [1.807, 2.05) is 0 Å². The van der Waals surface area contributed by atoms with Crippen molar-refractivity contribution in [1.29, 1.82) is 0 Å². The first-order valence-corrected chi connectivity index (χ1v) is 3.80. The van der Waals surface area contributed by atoms with Crippen LogP contribution in [0.5, 0.6) is 5.75 Å². The Labute approximate surface area is 82.3 Å². The number of rotatable bonds is 2. The van der Waals surface area contributed by atoms with Crippen LogP contribution < -0.4 is 5.43 Å². The van der Waals surface area contributed by atoms with E-state index in [9.17, 15) is 18.4 Å². The van der Waals surface area contributed by atoms with Gasteiger partial charge in [0.2, 0.25) is 5.43 Å². The molecule has 1 aromatic rings. The van der Waals surface area contributed by atoms with E-state index < -0.39 is 34.8 Å². The van der Waals surface area contributed by atoms with E-state index >= 15 is 0 Å². The zero-order valence-corrected chi connectivity index (χ0v) is 7.58. The average molecular weight is 219 g/mol. The molecule has 1 aromatic heterocycles. The molecule has 0 aromatic carbocycles. The van der Waals surface area contributed by atoms with E-state index in [1.54, 1.807) is 0 Å². The van der Waals surface area contributed by atoms with Crippen molar-refractivity contribution >= 4 is 5.97 Å². The third-order valence-electron chi connectivity index (χ3n) is 1.71. The fraction of sp³-hybridized carbons (Fsp3) is 0.250. The minimum absolute atomic E-state index is 0.657. The first kappa shape index (κ1) is 11.2. The molecule has 0 saturated heterocycles. The van der Waals surface area contributed by atoms with Crippen molar-refractivity contribution in [3.8, 4) is 5.75 Å². The van der Waals surface area contributed by atoms with E-state index in [2.05, 4.69) is 9.72 Å². The maximum absolute atomic E-state index is 12.4. The number of hydrogen-bond donors (Lipinski definition) is 2. The van der Waals surface area contributed by atoms with Crippen LogP contribution >= 0.6 is 0 Å². The van der Waals surface area contributed by atoms with Crippen LogP contribution in [0.3, 0.4) is 0 Å². The lowest BCUT2D eigenvalue weighted by molar-refractivity contribution is 0.0581. The molecule has 1 rings (SSSR count). The van der Waals surface area contributed by atoms with Gasteiger partial charge >= 0.3 is 5.97 Å². The number of H-pyrrole nitrogens is 1. The molecule has 0 aliphatic carbocycles. The van der Waals surface area contributed by atoms with Crippen LogP contribution in [-0.2, 0) is 4.74 Å². The van der Waals surface area contributed by atoms with Gasteiger partial charge in [-0.1, -0.05) is 0 Å². The van der Waals surface area contributed by atoms with Gasteiger partial charge in [0.15, 0.2) is 5.75 Å². The zero-order valence-electron chi connectivity index (χ0n) is 7.58. The molecule has 0 bridgehead atoms. The Bertz CT molecular complexity index is 441. The highest BCUT2D eigenvalue weighted by molar-refractivity contribution is 5.89. The van der Waals surface area contributed by atoms with Gasteiger partial charge in [-0.15, -0.1) is 0 Å². The number of nitrogens with one attached hydrogen (secondary N) is 1. The van der Waals surface area contributed by atoms with E-state index in [1.165, 1.54) is 0 Å². The molecular formula is C8H7F2NO4. The molecule has 15 heavy (non-hydrogen) atoms. The third-order valence-corrected chi connectivity index (χ3v) is 1.71. The monoisotopic (exact) mass is 219 g/mol. The predicted molar refractivity (Wildman–Crippen MR) is 45.0 cm³/mol. The largest absolute Gasteiger partial charge is 0.503 e. The second-order valence-corrected chi connectivity index (χ2v) is 2.58. The standard InChI is InChI=1S/C8H7F2NO4/c1-15-8(14)5-4(7(9)10)6(13)3(12)2-11-5/h2,7,12H,1H3,(H,11,13). The summed E-state index contributed by atoms with van der Waals surface area (Å²) in [4.78, 5) is 24.2. The number of methoxy groups -OCH3 is 1. The van der Waals surface area contributed by atoms with Gasteiger partial charge in [0, 0.05) is 6.20 Å². The first-order valence-electron chi connectivity index (χ1n) is 3.80. The zero-order chi connectivity index (χ0) is 11.6. The van der Waals surface area contributed by atoms with Gasteiger partial charge in [0.1, 0.15) is 5.69 Å². The van der Waals surface area contributed by atoms with Crippen LogP contribution in [0.25, 0.3) is 0 Å². The van der Waals surface area contributed by atoms with Crippen LogP contribution in [0, 0.1) is 0 Å². The Morgan fingerprint density at radius 3 is 2.67 bits per heavy atom. The maximum atomic E-state index is 12.4. The van der Waals surface area contributed by atoms with E-state index in [-0.39, 0.29) is 0 Å². The highest BCUT2D eigenvalue weighted by Gasteiger charge is 2.24. The fourth-order valence-corrected chi connectivity index (χ4v) is 1.01. The number of esters is 1. The normalized spacial score (nSPS) is 10.4. The second kappa shape index (κ2) is 4.07. The van der Waals surface area contributed by atoms with E-state index in [4.69, 9.17) is 5.11 Å². The summed E-state index contributed by atoms with van der Waals surface area (Å²) in [5.74, 6) is -1.97. The predicted octanol–water partition coefficient (Wildman–Crippen LogP) is 0.805. The molecule has 2 N–H and O–H groups in total. The van der Waals surface area contributed by atoms with Crippen molar-refractivity contribution in [2.24, 2.45) is 0 Å². The van der Waals surface area contributed by atoms with E-state index in [0.717, 1.165) is 13.3 Å². The van der Waals surface area contributed by atoms with Crippen molar-refractivity contribution in [1.82, 2.24) is 4.98 Å². The minimum Gasteiger partial charge on any atom is -0.503 e. The molecule has 5 nitrogen and oxygen atoms in total. The van der Waals surface area contributed by atoms with Crippen LogP contribution in [0.15, 0.2) is 11.0 Å². The van der Waals surface area contributed by atoms with Crippen molar-refractivity contribution in [3.63, 3.8) is 0 Å². The van der Waals surface area contributed by atoms with Crippen molar-refractivity contribution in [3.05, 3.63) is 27.7 Å². The number of aromatic nitrogens is 1. The average Bonchev–Trinajstić information content (AvgIpc) is 2.20. The molecule has 7 heteroatoms. The highest BCUT2D eigenvalue weighted by Crippen LogP contribution is 2.20. The number of aromatic hydroxyl groups is 1. The number of halogens is 2. The summed E-state index contributed by atoms with van der Waals surface area (Å²) in [6, 6.07) is 0. The molecular weight excluding hydrogens is 212 g/mol. The number of ether oxygens (including phenoxy) is 1. The molecule has 0 fully saturated rings. The second-order valence-electron chi connectivity index (χ2n) is 2.58. The summed E-state index contributed by atoms with van der Waals surface area (Å²) in [6.07, 6.45) is -2.42. The molecule has 82 valence electrons. The molecule has 0 amide bonds. The van der Waals surface area contributed by atoms with Gasteiger partial charge < -0.3 is 14.8 Å². The van der Waals surface area contributed by atoms with Crippen molar-refractivity contribution in [2.45, 2.75) is 6.43 Å². The third kappa shape index (κ3) is 1.95. The number of carbonyl (C=O) groups excluding carboxylic acids is 1. The van der Waals surface area contributed by atoms with Gasteiger partial charge in [0.05, 0.1) is 12.7 Å². The summed E-state index contributed by atoms with van der Waals surface area (Å²) in [5.41, 5.74) is -3.04. The lowest BCUT2D eigenvalue weighted by atomic mass is 10.2. The van der Waals surface area contributed by atoms with Gasteiger partial charge in [-0.25, -0.2) is 13.6 Å². The smallest absolute Gasteiger partial charge is 0.355 e. The molecule has 0 saturated carbocycles. The lowest BCUT2D eigenvalue weighted by Crippen LogP contribution is -2.18. The molecule has 0 aliphatic heterocycles. The number of alkyl halides is 2. The topological polar surface area (TPSA) is 79.4 Å². The number of carbonyl (C=O) groups is 1. The van der Waals surface area contributed by atoms with Gasteiger partial charge in [-0.05, 0) is 0 Å². The fourth-order valence-electron chi connectivity index (χ4n) is 1.01. The molecule has 0 atom stereocenters.